The number of quaternary nitrogens is 1. The zero-order valence-electron chi connectivity index (χ0n) is 34.9. The normalized spacial score (nSPS) is 14.3. The first-order chi connectivity index (χ1) is 26.0. The lowest BCUT2D eigenvalue weighted by atomic mass is 10.1. The Kier molecular flexibility index (Phi) is 34.8. The molecule has 0 saturated carbocycles. The minimum absolute atomic E-state index is 0.0499. The van der Waals surface area contributed by atoms with Gasteiger partial charge >= 0.3 is 11.9 Å². The van der Waals surface area contributed by atoms with Crippen molar-refractivity contribution in [2.24, 2.45) is 0 Å². The van der Waals surface area contributed by atoms with Crippen LogP contribution < -0.4 is 4.89 Å². The predicted octanol–water partition coefficient (Wildman–Crippen LogP) is 11.1. The fourth-order valence-corrected chi connectivity index (χ4v) is 5.92. The average molecular weight is 780 g/mol. The van der Waals surface area contributed by atoms with E-state index >= 15 is 0 Å². The Morgan fingerprint density at radius 1 is 0.574 bits per heavy atom. The van der Waals surface area contributed by atoms with Crippen LogP contribution in [-0.2, 0) is 32.7 Å². The molecule has 0 N–H and O–H groups in total. The van der Waals surface area contributed by atoms with Crippen molar-refractivity contribution >= 4 is 19.8 Å². The van der Waals surface area contributed by atoms with Gasteiger partial charge in [-0.3, -0.25) is 14.2 Å². The molecule has 0 bridgehead atoms. The molecule has 0 fully saturated rings. The lowest BCUT2D eigenvalue weighted by molar-refractivity contribution is -0.870. The maximum absolute atomic E-state index is 12.6. The quantitative estimate of drug-likeness (QED) is 0.0201. The van der Waals surface area contributed by atoms with E-state index in [1.807, 2.05) is 33.3 Å². The second kappa shape index (κ2) is 36.4. The maximum Gasteiger partial charge on any atom is 0.306 e. The van der Waals surface area contributed by atoms with Crippen LogP contribution in [0.5, 0.6) is 0 Å². The van der Waals surface area contributed by atoms with Gasteiger partial charge in [0.05, 0.1) is 27.7 Å². The van der Waals surface area contributed by atoms with E-state index in [1.54, 1.807) is 0 Å². The smallest absolute Gasteiger partial charge is 0.306 e. The molecule has 9 nitrogen and oxygen atoms in total. The number of nitrogens with zero attached hydrogens (tertiary/aromatic N) is 1. The van der Waals surface area contributed by atoms with Gasteiger partial charge in [0.2, 0.25) is 0 Å². The van der Waals surface area contributed by atoms with E-state index in [9.17, 15) is 19.0 Å². The minimum atomic E-state index is -4.65. The standard InChI is InChI=1S/C44H78NO8P/c1-6-8-10-12-14-16-18-20-21-22-23-25-26-28-30-32-34-36-43(46)50-40-42(41-52-54(48,49)51-39-38-45(3,4)5)53-44(47)37-35-33-31-29-27-24-19-17-15-13-11-9-7-2/h20-21,23-25,27-28,30-31,33,42H,6-19,22,26,29,32,34-41H2,1-5H3/b21-20+,25-23+,27-24+,30-28+,33-31+. The van der Waals surface area contributed by atoms with E-state index in [0.717, 1.165) is 38.5 Å². The van der Waals surface area contributed by atoms with Crippen molar-refractivity contribution in [2.45, 2.75) is 161 Å². The van der Waals surface area contributed by atoms with Crippen LogP contribution in [-0.4, -0.2) is 70.0 Å². The summed E-state index contributed by atoms with van der Waals surface area (Å²) in [4.78, 5) is 37.4. The molecule has 0 aliphatic heterocycles. The molecule has 54 heavy (non-hydrogen) atoms. The Hall–Kier alpha value is -2.29. The van der Waals surface area contributed by atoms with Gasteiger partial charge < -0.3 is 27.9 Å². The first kappa shape index (κ1) is 51.7. The molecule has 0 rings (SSSR count). The molecule has 0 aromatic rings. The molecule has 2 atom stereocenters. The van der Waals surface area contributed by atoms with Crippen LogP contribution in [0, 0.1) is 0 Å². The van der Waals surface area contributed by atoms with Crippen molar-refractivity contribution in [1.29, 1.82) is 0 Å². The van der Waals surface area contributed by atoms with Crippen molar-refractivity contribution in [2.75, 3.05) is 47.5 Å². The molecular weight excluding hydrogens is 701 g/mol. The number of ether oxygens (including phenoxy) is 2. The van der Waals surface area contributed by atoms with Crippen molar-refractivity contribution in [3.05, 3.63) is 60.8 Å². The van der Waals surface area contributed by atoms with E-state index in [1.165, 1.54) is 77.0 Å². The molecule has 0 aliphatic carbocycles. The summed E-state index contributed by atoms with van der Waals surface area (Å²) in [5.74, 6) is -0.980. The Bertz CT molecular complexity index is 1110. The fourth-order valence-electron chi connectivity index (χ4n) is 5.19. The predicted molar refractivity (Wildman–Crippen MR) is 222 cm³/mol. The average Bonchev–Trinajstić information content (AvgIpc) is 3.12. The van der Waals surface area contributed by atoms with E-state index < -0.39 is 32.5 Å². The van der Waals surface area contributed by atoms with Gasteiger partial charge in [0.15, 0.2) is 6.10 Å². The van der Waals surface area contributed by atoms with Crippen molar-refractivity contribution in [1.82, 2.24) is 0 Å². The summed E-state index contributed by atoms with van der Waals surface area (Å²) in [6.07, 6.45) is 42.8. The van der Waals surface area contributed by atoms with Crippen molar-refractivity contribution in [3.8, 4) is 0 Å². The molecule has 0 aromatic heterocycles. The molecule has 0 heterocycles. The third-order valence-corrected chi connectivity index (χ3v) is 9.49. The van der Waals surface area contributed by atoms with Crippen LogP contribution >= 0.6 is 7.82 Å². The summed E-state index contributed by atoms with van der Waals surface area (Å²) in [5.41, 5.74) is 0. The zero-order valence-corrected chi connectivity index (χ0v) is 35.8. The number of unbranched alkanes of at least 4 members (excludes halogenated alkanes) is 13. The highest BCUT2D eigenvalue weighted by Crippen LogP contribution is 2.38. The first-order valence-electron chi connectivity index (χ1n) is 21.0. The molecule has 0 aliphatic rings. The fraction of sp³-hybridized carbons (Fsp3) is 0.727. The Morgan fingerprint density at radius 2 is 1.04 bits per heavy atom. The summed E-state index contributed by atoms with van der Waals surface area (Å²) in [6.45, 7) is 4.06. The molecule has 0 aromatic carbocycles. The van der Waals surface area contributed by atoms with Gasteiger partial charge in [-0.25, -0.2) is 0 Å². The summed E-state index contributed by atoms with van der Waals surface area (Å²) < 4.78 is 33.7. The van der Waals surface area contributed by atoms with Gasteiger partial charge in [0.1, 0.15) is 19.8 Å². The maximum atomic E-state index is 12.6. The first-order valence-corrected chi connectivity index (χ1v) is 22.5. The van der Waals surface area contributed by atoms with Crippen LogP contribution in [0.2, 0.25) is 0 Å². The Morgan fingerprint density at radius 3 is 1.56 bits per heavy atom. The Balaban J connectivity index is 4.55. The second-order valence-corrected chi connectivity index (χ2v) is 16.4. The van der Waals surface area contributed by atoms with E-state index in [-0.39, 0.29) is 26.1 Å². The zero-order chi connectivity index (χ0) is 40.0. The van der Waals surface area contributed by atoms with Crippen LogP contribution in [0.1, 0.15) is 155 Å². The van der Waals surface area contributed by atoms with Gasteiger partial charge in [0, 0.05) is 12.8 Å². The molecule has 0 radical (unpaired) electrons. The van der Waals surface area contributed by atoms with Gasteiger partial charge in [-0.2, -0.15) is 0 Å². The van der Waals surface area contributed by atoms with Crippen LogP contribution in [0.3, 0.4) is 0 Å². The topological polar surface area (TPSA) is 111 Å². The summed E-state index contributed by atoms with van der Waals surface area (Å²) >= 11 is 0. The highest BCUT2D eigenvalue weighted by atomic mass is 31.2. The molecule has 2 unspecified atom stereocenters. The number of hydrogen-bond acceptors (Lipinski definition) is 8. The third kappa shape index (κ3) is 39.4. The van der Waals surface area contributed by atoms with Crippen LogP contribution in [0.25, 0.3) is 0 Å². The lowest BCUT2D eigenvalue weighted by Gasteiger charge is -2.28. The monoisotopic (exact) mass is 780 g/mol. The summed E-state index contributed by atoms with van der Waals surface area (Å²) in [5, 5.41) is 0. The van der Waals surface area contributed by atoms with Gasteiger partial charge in [0.25, 0.3) is 7.82 Å². The number of phosphoric ester groups is 1. The number of hydrogen-bond donors (Lipinski definition) is 0. The molecule has 0 spiro atoms. The molecule has 0 saturated heterocycles. The summed E-state index contributed by atoms with van der Waals surface area (Å²) in [6, 6.07) is 0. The SMILES string of the molecule is CCCCCCCC/C=C/C/C=C/C/C=C/CCCC(=O)OCC(COP(=O)([O-])OCC[N+](C)(C)C)OC(=O)CC/C=C/C/C=C/CCCCCCCC. The number of rotatable bonds is 37. The van der Waals surface area contributed by atoms with Crippen LogP contribution in [0.15, 0.2) is 60.8 Å². The molecule has 312 valence electrons. The highest BCUT2D eigenvalue weighted by Gasteiger charge is 2.21. The number of carbonyl (C=O) groups excluding carboxylic acids is 2. The summed E-state index contributed by atoms with van der Waals surface area (Å²) in [7, 11) is 1.10. The largest absolute Gasteiger partial charge is 0.756 e. The number of allylic oxidation sites excluding steroid dienone is 10. The van der Waals surface area contributed by atoms with Crippen molar-refractivity contribution < 1.29 is 42.1 Å². The Labute approximate surface area is 330 Å². The highest BCUT2D eigenvalue weighted by molar-refractivity contribution is 7.45. The number of carbonyl (C=O) groups is 2. The molecular formula is C44H78NO8P. The lowest BCUT2D eigenvalue weighted by Crippen LogP contribution is -2.37. The van der Waals surface area contributed by atoms with E-state index in [0.29, 0.717) is 23.9 Å². The minimum Gasteiger partial charge on any atom is -0.756 e. The van der Waals surface area contributed by atoms with Gasteiger partial charge in [-0.05, 0) is 64.2 Å². The van der Waals surface area contributed by atoms with Crippen LogP contribution in [0.4, 0.5) is 0 Å². The third-order valence-electron chi connectivity index (χ3n) is 8.52. The van der Waals surface area contributed by atoms with E-state index in [2.05, 4.69) is 62.5 Å². The molecule has 0 amide bonds. The van der Waals surface area contributed by atoms with E-state index in [4.69, 9.17) is 18.5 Å². The number of esters is 2. The number of phosphoric acid groups is 1. The second-order valence-electron chi connectivity index (χ2n) is 15.0. The van der Waals surface area contributed by atoms with Gasteiger partial charge in [-0.15, -0.1) is 0 Å². The number of likely N-dealkylation sites (N-methyl/N-ethyl adjacent to an activating group) is 1. The van der Waals surface area contributed by atoms with Crippen molar-refractivity contribution in [3.63, 3.8) is 0 Å². The van der Waals surface area contributed by atoms with Gasteiger partial charge in [-0.1, -0.05) is 139 Å². The molecule has 10 heteroatoms.